The number of carbonyl (C=O) groups is 2. The maximum absolute atomic E-state index is 12.2. The lowest BCUT2D eigenvalue weighted by Gasteiger charge is -2.58. The van der Waals surface area contributed by atoms with Crippen LogP contribution >= 0.6 is 0 Å². The van der Waals surface area contributed by atoms with Crippen LogP contribution in [0.4, 0.5) is 0 Å². The number of hydrogen-bond donors (Lipinski definition) is 1. The van der Waals surface area contributed by atoms with Gasteiger partial charge in [-0.25, -0.2) is 0 Å². The van der Waals surface area contributed by atoms with Crippen LogP contribution in [-0.4, -0.2) is 22.8 Å². The Labute approximate surface area is 171 Å². The van der Waals surface area contributed by atoms with Crippen LogP contribution in [0.3, 0.4) is 0 Å². The number of Topliss-reactive ketones (excluding diaryl/α,β-unsaturated/α-hetero) is 1. The van der Waals surface area contributed by atoms with Crippen molar-refractivity contribution >= 4 is 11.6 Å². The van der Waals surface area contributed by atoms with E-state index in [1.54, 1.807) is 19.1 Å². The molecule has 0 spiro atoms. The maximum Gasteiger partial charge on any atom is 0.178 e. The molecule has 0 amide bonds. The normalized spacial score (nSPS) is 43.2. The highest BCUT2D eigenvalue weighted by Crippen LogP contribution is 2.65. The highest BCUT2D eigenvalue weighted by atomic mass is 16.3. The van der Waals surface area contributed by atoms with Gasteiger partial charge in [-0.3, -0.25) is 9.59 Å². The van der Waals surface area contributed by atoms with E-state index in [0.717, 1.165) is 25.7 Å². The van der Waals surface area contributed by atoms with Gasteiger partial charge in [-0.2, -0.15) is 0 Å². The van der Waals surface area contributed by atoms with E-state index in [2.05, 4.69) is 13.8 Å². The van der Waals surface area contributed by atoms with Gasteiger partial charge in [0, 0.05) is 17.3 Å². The summed E-state index contributed by atoms with van der Waals surface area (Å²) in [6.07, 6.45) is 9.89. The zero-order valence-electron chi connectivity index (χ0n) is 18.9. The summed E-state index contributed by atoms with van der Waals surface area (Å²) >= 11 is 0. The minimum atomic E-state index is -0.400. The first-order chi connectivity index (χ1) is 13.3. The summed E-state index contributed by atoms with van der Waals surface area (Å²) in [7, 11) is 0. The van der Waals surface area contributed by atoms with Crippen LogP contribution in [0.15, 0.2) is 23.8 Å². The van der Waals surface area contributed by atoms with Crippen molar-refractivity contribution in [3.63, 3.8) is 0 Å². The Balaban J connectivity index is 0.000000660. The number of aliphatic hydroxyl groups excluding tert-OH is 1. The van der Waals surface area contributed by atoms with E-state index < -0.39 is 6.10 Å². The average molecular weight is 389 g/mol. The van der Waals surface area contributed by atoms with Crippen molar-refractivity contribution in [2.75, 3.05) is 0 Å². The lowest BCUT2D eigenvalue weighted by Crippen LogP contribution is -2.56. The van der Waals surface area contributed by atoms with E-state index in [0.29, 0.717) is 18.3 Å². The Hall–Kier alpha value is -1.22. The van der Waals surface area contributed by atoms with Gasteiger partial charge >= 0.3 is 0 Å². The molecule has 0 aromatic rings. The van der Waals surface area contributed by atoms with Gasteiger partial charge in [0.15, 0.2) is 5.78 Å². The minimum Gasteiger partial charge on any atom is -0.393 e. The lowest BCUT2D eigenvalue weighted by molar-refractivity contribution is -0.137. The molecular formula is C25H40O3. The monoisotopic (exact) mass is 388 g/mol. The van der Waals surface area contributed by atoms with E-state index in [9.17, 15) is 14.7 Å². The molecule has 4 rings (SSSR count). The second-order valence-corrected chi connectivity index (χ2v) is 9.04. The van der Waals surface area contributed by atoms with Gasteiger partial charge in [0.1, 0.15) is 5.78 Å². The van der Waals surface area contributed by atoms with E-state index >= 15 is 0 Å². The Bertz CT molecular complexity index is 661. The SMILES string of the molecule is CC.CC.CC(=O)C1CCC2C3CCC4=CC(=O)C=CC4(C)C3[C@H](O)CC12C. The van der Waals surface area contributed by atoms with Crippen LogP contribution in [0.1, 0.15) is 80.6 Å². The average Bonchev–Trinajstić information content (AvgIpc) is 3.02. The third-order valence-electron chi connectivity index (χ3n) is 7.98. The number of hydrogen-bond acceptors (Lipinski definition) is 3. The summed E-state index contributed by atoms with van der Waals surface area (Å²) in [5.74, 6) is 1.61. The molecule has 3 fully saturated rings. The maximum atomic E-state index is 12.2. The van der Waals surface area contributed by atoms with Crippen LogP contribution < -0.4 is 0 Å². The molecule has 3 saturated carbocycles. The summed E-state index contributed by atoms with van der Waals surface area (Å²) in [5.41, 5.74) is 0.935. The zero-order chi connectivity index (χ0) is 21.3. The third-order valence-corrected chi connectivity index (χ3v) is 7.98. The molecule has 3 nitrogen and oxygen atoms in total. The Kier molecular flexibility index (Phi) is 7.12. The number of rotatable bonds is 1. The third kappa shape index (κ3) is 3.44. The topological polar surface area (TPSA) is 54.4 Å². The van der Waals surface area contributed by atoms with E-state index in [-0.39, 0.29) is 34.2 Å². The summed E-state index contributed by atoms with van der Waals surface area (Å²) in [6.45, 7) is 14.2. The van der Waals surface area contributed by atoms with Crippen molar-refractivity contribution in [2.24, 2.45) is 34.5 Å². The van der Waals surface area contributed by atoms with Crippen molar-refractivity contribution in [3.05, 3.63) is 23.8 Å². The van der Waals surface area contributed by atoms with Gasteiger partial charge in [0.2, 0.25) is 0 Å². The van der Waals surface area contributed by atoms with Gasteiger partial charge in [-0.1, -0.05) is 53.2 Å². The predicted octanol–water partition coefficient (Wildman–Crippen LogP) is 5.52. The van der Waals surface area contributed by atoms with Gasteiger partial charge < -0.3 is 5.11 Å². The highest BCUT2D eigenvalue weighted by Gasteiger charge is 2.62. The van der Waals surface area contributed by atoms with E-state index in [1.807, 2.05) is 33.8 Å². The van der Waals surface area contributed by atoms with Crippen molar-refractivity contribution in [1.29, 1.82) is 0 Å². The Morgan fingerprint density at radius 2 is 1.75 bits per heavy atom. The molecule has 0 radical (unpaired) electrons. The first-order valence-electron chi connectivity index (χ1n) is 11.4. The van der Waals surface area contributed by atoms with Gasteiger partial charge in [-0.15, -0.1) is 0 Å². The molecule has 0 aliphatic heterocycles. The summed E-state index contributed by atoms with van der Waals surface area (Å²) < 4.78 is 0. The molecule has 3 heteroatoms. The fourth-order valence-electron chi connectivity index (χ4n) is 6.99. The van der Waals surface area contributed by atoms with Crippen molar-refractivity contribution in [2.45, 2.75) is 86.7 Å². The predicted molar refractivity (Wildman–Crippen MR) is 115 cm³/mol. The number of aliphatic hydroxyl groups is 1. The van der Waals surface area contributed by atoms with Gasteiger partial charge in [-0.05, 0) is 68.4 Å². The molecule has 4 aliphatic rings. The fourth-order valence-corrected chi connectivity index (χ4v) is 6.99. The lowest BCUT2D eigenvalue weighted by atomic mass is 9.46. The summed E-state index contributed by atoms with van der Waals surface area (Å²) in [5, 5.41) is 11.1. The molecule has 0 heterocycles. The summed E-state index contributed by atoms with van der Waals surface area (Å²) in [4.78, 5) is 24.0. The van der Waals surface area contributed by atoms with Gasteiger partial charge in [0.25, 0.3) is 0 Å². The molecule has 158 valence electrons. The van der Waals surface area contributed by atoms with Crippen LogP contribution in [0.5, 0.6) is 0 Å². The fraction of sp³-hybridized carbons (Fsp3) is 0.760. The van der Waals surface area contributed by atoms with Crippen molar-refractivity contribution in [3.8, 4) is 0 Å². The molecule has 7 atom stereocenters. The minimum absolute atomic E-state index is 0.0573. The van der Waals surface area contributed by atoms with Crippen LogP contribution in [0.25, 0.3) is 0 Å². The molecule has 0 bridgehead atoms. The Morgan fingerprint density at radius 3 is 2.36 bits per heavy atom. The number of allylic oxidation sites excluding steroid dienone is 4. The number of carbonyl (C=O) groups excluding carboxylic acids is 2. The van der Waals surface area contributed by atoms with Crippen LogP contribution in [-0.2, 0) is 9.59 Å². The molecule has 0 aromatic carbocycles. The second-order valence-electron chi connectivity index (χ2n) is 9.04. The second kappa shape index (κ2) is 8.65. The molecular weight excluding hydrogens is 348 g/mol. The standard InChI is InChI=1S/C21H28O3.2C2H6/c1-12(22)16-6-7-17-15-5-4-13-10-14(23)8-9-20(13,2)19(15)18(24)11-21(16,17)3;2*1-2/h8-10,15-19,24H,4-7,11H2,1-3H3;2*1-2H3/t15?,16?,17?,18-,19?,20?,21?;;/m1../s1. The van der Waals surface area contributed by atoms with Crippen LogP contribution in [0.2, 0.25) is 0 Å². The molecule has 1 N–H and O–H groups in total. The summed E-state index contributed by atoms with van der Waals surface area (Å²) in [6, 6.07) is 0. The number of fused-ring (bicyclic) bond motifs is 5. The zero-order valence-corrected chi connectivity index (χ0v) is 18.9. The molecule has 6 unspecified atom stereocenters. The molecule has 0 aromatic heterocycles. The molecule has 0 saturated heterocycles. The molecule has 4 aliphatic carbocycles. The largest absolute Gasteiger partial charge is 0.393 e. The highest BCUT2D eigenvalue weighted by molar-refractivity contribution is 6.01. The van der Waals surface area contributed by atoms with Crippen LogP contribution in [0, 0.1) is 34.5 Å². The van der Waals surface area contributed by atoms with E-state index in [1.165, 1.54) is 5.57 Å². The first-order valence-corrected chi connectivity index (χ1v) is 11.4. The van der Waals surface area contributed by atoms with Gasteiger partial charge in [0.05, 0.1) is 6.10 Å². The molecule has 28 heavy (non-hydrogen) atoms. The van der Waals surface area contributed by atoms with E-state index in [4.69, 9.17) is 0 Å². The van der Waals surface area contributed by atoms with Crippen molar-refractivity contribution < 1.29 is 14.7 Å². The van der Waals surface area contributed by atoms with Crippen molar-refractivity contribution in [1.82, 2.24) is 0 Å². The smallest absolute Gasteiger partial charge is 0.178 e. The first kappa shape index (κ1) is 23.1. The Morgan fingerprint density at radius 1 is 1.11 bits per heavy atom. The number of ketones is 2. The quantitative estimate of drug-likeness (QED) is 0.643.